The Morgan fingerprint density at radius 3 is 2.80 bits per heavy atom. The van der Waals surface area contributed by atoms with Gasteiger partial charge in [0.05, 0.1) is 23.8 Å². The Bertz CT molecular complexity index is 476. The van der Waals surface area contributed by atoms with E-state index in [9.17, 15) is 0 Å². The molecule has 1 N–H and O–H groups in total. The first-order chi connectivity index (χ1) is 7.20. The van der Waals surface area contributed by atoms with Crippen LogP contribution in [-0.2, 0) is 0 Å². The molecule has 1 heterocycles. The minimum atomic E-state index is 1.01. The number of aromatic nitrogens is 2. The fraction of sp³-hybridized carbons (Fsp3) is 0.182. The number of aryl methyl sites for hydroxylation is 1. The number of nitrogens with zero attached hydrogens (tertiary/aromatic N) is 2. The fourth-order valence-electron chi connectivity index (χ4n) is 1.32. The fourth-order valence-corrected chi connectivity index (χ4v) is 1.68. The van der Waals surface area contributed by atoms with Crippen molar-refractivity contribution in [1.82, 2.24) is 9.78 Å². The molecule has 2 rings (SSSR count). The Hall–Kier alpha value is -1.29. The normalized spacial score (nSPS) is 10.3. The van der Waals surface area contributed by atoms with E-state index in [-0.39, 0.29) is 0 Å². The number of anilines is 1. The van der Waals surface area contributed by atoms with E-state index in [1.54, 1.807) is 6.20 Å². The summed E-state index contributed by atoms with van der Waals surface area (Å²) in [6.07, 6.45) is 3.75. The first-order valence-electron chi connectivity index (χ1n) is 4.69. The molecule has 1 aromatic carbocycles. The van der Waals surface area contributed by atoms with Crippen LogP contribution in [0.4, 0.5) is 5.69 Å². The number of rotatable bonds is 2. The van der Waals surface area contributed by atoms with Gasteiger partial charge in [-0.15, -0.1) is 0 Å². The molecule has 3 nitrogen and oxygen atoms in total. The van der Waals surface area contributed by atoms with Crippen LogP contribution in [0.25, 0.3) is 5.69 Å². The number of hydrogen-bond acceptors (Lipinski definition) is 2. The van der Waals surface area contributed by atoms with Crippen LogP contribution in [0.1, 0.15) is 5.56 Å². The van der Waals surface area contributed by atoms with E-state index >= 15 is 0 Å². The van der Waals surface area contributed by atoms with Crippen LogP contribution in [0.15, 0.2) is 35.1 Å². The molecule has 0 radical (unpaired) electrons. The van der Waals surface area contributed by atoms with Gasteiger partial charge in [-0.1, -0.05) is 22.0 Å². The minimum Gasteiger partial charge on any atom is -0.386 e. The minimum absolute atomic E-state index is 1.01. The van der Waals surface area contributed by atoms with Crippen molar-refractivity contribution in [3.63, 3.8) is 0 Å². The Morgan fingerprint density at radius 2 is 2.20 bits per heavy atom. The highest BCUT2D eigenvalue weighted by Crippen LogP contribution is 2.20. The molecule has 0 saturated heterocycles. The van der Waals surface area contributed by atoms with E-state index in [2.05, 4.69) is 45.4 Å². The highest BCUT2D eigenvalue weighted by Gasteiger charge is 2.01. The van der Waals surface area contributed by atoms with Crippen LogP contribution < -0.4 is 5.32 Å². The van der Waals surface area contributed by atoms with E-state index in [4.69, 9.17) is 0 Å². The summed E-state index contributed by atoms with van der Waals surface area (Å²) >= 11 is 3.51. The van der Waals surface area contributed by atoms with Gasteiger partial charge >= 0.3 is 0 Å². The lowest BCUT2D eigenvalue weighted by atomic mass is 10.2. The maximum Gasteiger partial charge on any atom is 0.0728 e. The van der Waals surface area contributed by atoms with Crippen LogP contribution in [0.2, 0.25) is 0 Å². The molecule has 0 atom stereocenters. The van der Waals surface area contributed by atoms with Gasteiger partial charge in [0.2, 0.25) is 0 Å². The van der Waals surface area contributed by atoms with Gasteiger partial charge in [-0.25, -0.2) is 4.68 Å². The van der Waals surface area contributed by atoms with Crippen molar-refractivity contribution >= 4 is 21.6 Å². The lowest BCUT2D eigenvalue weighted by Crippen LogP contribution is -1.94. The largest absolute Gasteiger partial charge is 0.386 e. The Morgan fingerprint density at radius 1 is 1.40 bits per heavy atom. The van der Waals surface area contributed by atoms with Crippen LogP contribution >= 0.6 is 15.9 Å². The van der Waals surface area contributed by atoms with E-state index in [0.717, 1.165) is 15.8 Å². The van der Waals surface area contributed by atoms with E-state index < -0.39 is 0 Å². The van der Waals surface area contributed by atoms with Gasteiger partial charge in [0.25, 0.3) is 0 Å². The molecule has 15 heavy (non-hydrogen) atoms. The highest BCUT2D eigenvalue weighted by molar-refractivity contribution is 9.10. The monoisotopic (exact) mass is 265 g/mol. The molecular weight excluding hydrogens is 254 g/mol. The topological polar surface area (TPSA) is 29.9 Å². The Balaban J connectivity index is 2.40. The average Bonchev–Trinajstić information content (AvgIpc) is 2.70. The number of hydrogen-bond donors (Lipinski definition) is 1. The van der Waals surface area contributed by atoms with Crippen LogP contribution in [-0.4, -0.2) is 16.8 Å². The molecular formula is C11H12BrN3. The van der Waals surface area contributed by atoms with Crippen molar-refractivity contribution in [3.8, 4) is 5.69 Å². The summed E-state index contributed by atoms with van der Waals surface area (Å²) in [5.41, 5.74) is 3.28. The standard InChI is InChI=1S/C11H12BrN3/c1-8-3-4-10(5-11(8)12)15-7-9(13-2)6-14-15/h3-7,13H,1-2H3. The van der Waals surface area contributed by atoms with E-state index in [1.807, 2.05) is 24.0 Å². The maximum absolute atomic E-state index is 4.26. The summed E-state index contributed by atoms with van der Waals surface area (Å²) in [6.45, 7) is 2.07. The van der Waals surface area contributed by atoms with Crippen molar-refractivity contribution < 1.29 is 0 Å². The van der Waals surface area contributed by atoms with Gasteiger partial charge in [-0.2, -0.15) is 5.10 Å². The molecule has 0 aliphatic rings. The molecule has 0 aliphatic heterocycles. The molecule has 1 aromatic heterocycles. The number of halogens is 1. The summed E-state index contributed by atoms with van der Waals surface area (Å²) in [4.78, 5) is 0. The smallest absolute Gasteiger partial charge is 0.0728 e. The Labute approximate surface area is 97.2 Å². The lowest BCUT2D eigenvalue weighted by Gasteiger charge is -2.03. The predicted octanol–water partition coefficient (Wildman–Crippen LogP) is 2.98. The molecule has 0 spiro atoms. The zero-order valence-electron chi connectivity index (χ0n) is 8.66. The van der Waals surface area contributed by atoms with Crippen molar-refractivity contribution in [2.75, 3.05) is 12.4 Å². The molecule has 78 valence electrons. The summed E-state index contributed by atoms with van der Waals surface area (Å²) in [6, 6.07) is 6.18. The van der Waals surface area contributed by atoms with Gasteiger partial charge in [0, 0.05) is 11.5 Å². The third-order valence-electron chi connectivity index (χ3n) is 2.29. The zero-order valence-corrected chi connectivity index (χ0v) is 10.2. The predicted molar refractivity (Wildman–Crippen MR) is 65.5 cm³/mol. The maximum atomic E-state index is 4.26. The van der Waals surface area contributed by atoms with Crippen molar-refractivity contribution in [3.05, 3.63) is 40.6 Å². The second-order valence-corrected chi connectivity index (χ2v) is 4.21. The highest BCUT2D eigenvalue weighted by atomic mass is 79.9. The molecule has 0 saturated carbocycles. The summed E-state index contributed by atoms with van der Waals surface area (Å²) in [7, 11) is 1.88. The summed E-state index contributed by atoms with van der Waals surface area (Å²) < 4.78 is 2.94. The van der Waals surface area contributed by atoms with Gasteiger partial charge in [-0.05, 0) is 24.6 Å². The quantitative estimate of drug-likeness (QED) is 0.905. The molecule has 2 aromatic rings. The zero-order chi connectivity index (χ0) is 10.8. The molecule has 0 fully saturated rings. The second-order valence-electron chi connectivity index (χ2n) is 3.36. The number of nitrogens with one attached hydrogen (secondary N) is 1. The van der Waals surface area contributed by atoms with Gasteiger partial charge < -0.3 is 5.32 Å². The van der Waals surface area contributed by atoms with Crippen LogP contribution in [0.5, 0.6) is 0 Å². The van der Waals surface area contributed by atoms with Crippen LogP contribution in [0, 0.1) is 6.92 Å². The van der Waals surface area contributed by atoms with Gasteiger partial charge in [0.1, 0.15) is 0 Å². The lowest BCUT2D eigenvalue weighted by molar-refractivity contribution is 0.879. The third kappa shape index (κ3) is 2.04. The second kappa shape index (κ2) is 4.06. The van der Waals surface area contributed by atoms with Crippen molar-refractivity contribution in [1.29, 1.82) is 0 Å². The molecule has 0 amide bonds. The molecule has 4 heteroatoms. The van der Waals surface area contributed by atoms with E-state index in [1.165, 1.54) is 5.56 Å². The first kappa shape index (κ1) is 10.2. The number of benzene rings is 1. The SMILES string of the molecule is CNc1cnn(-c2ccc(C)c(Br)c2)c1. The van der Waals surface area contributed by atoms with Crippen LogP contribution in [0.3, 0.4) is 0 Å². The summed E-state index contributed by atoms with van der Waals surface area (Å²) in [5.74, 6) is 0. The Kier molecular flexibility index (Phi) is 2.77. The van der Waals surface area contributed by atoms with Crippen molar-refractivity contribution in [2.45, 2.75) is 6.92 Å². The summed E-state index contributed by atoms with van der Waals surface area (Å²) in [5, 5.41) is 7.31. The van der Waals surface area contributed by atoms with E-state index in [0.29, 0.717) is 0 Å². The van der Waals surface area contributed by atoms with Crippen molar-refractivity contribution in [2.24, 2.45) is 0 Å². The van der Waals surface area contributed by atoms with Gasteiger partial charge in [-0.3, -0.25) is 0 Å². The molecule has 0 aliphatic carbocycles. The third-order valence-corrected chi connectivity index (χ3v) is 3.15. The molecule has 0 unspecified atom stereocenters. The van der Waals surface area contributed by atoms with Gasteiger partial charge in [0.15, 0.2) is 0 Å². The first-order valence-corrected chi connectivity index (χ1v) is 5.49. The average molecular weight is 266 g/mol. The molecule has 0 bridgehead atoms.